The molecule has 158 valence electrons. The van der Waals surface area contributed by atoms with Crippen LogP contribution < -0.4 is 5.32 Å². The average Bonchev–Trinajstić information content (AvgIpc) is 3.30. The van der Waals surface area contributed by atoms with E-state index in [-0.39, 0.29) is 16.5 Å². The van der Waals surface area contributed by atoms with Crippen molar-refractivity contribution in [3.8, 4) is 5.69 Å². The summed E-state index contributed by atoms with van der Waals surface area (Å²) >= 11 is 6.83. The highest BCUT2D eigenvalue weighted by molar-refractivity contribution is 7.20. The molecule has 0 bridgehead atoms. The Hall–Kier alpha value is -3.30. The van der Waals surface area contributed by atoms with E-state index >= 15 is 0 Å². The zero-order chi connectivity index (χ0) is 22.1. The molecule has 4 aromatic rings. The van der Waals surface area contributed by atoms with E-state index in [2.05, 4.69) is 10.4 Å². The summed E-state index contributed by atoms with van der Waals surface area (Å²) in [5.74, 6) is -2.23. The van der Waals surface area contributed by atoms with E-state index in [1.54, 1.807) is 29.8 Å². The van der Waals surface area contributed by atoms with Gasteiger partial charge in [0.15, 0.2) is 6.61 Å². The number of thiophene rings is 1. The molecule has 2 aromatic heterocycles. The average molecular weight is 462 g/mol. The minimum Gasteiger partial charge on any atom is -0.451 e. The van der Waals surface area contributed by atoms with Crippen molar-refractivity contribution >= 4 is 50.7 Å². The first kappa shape index (κ1) is 21.0. The van der Waals surface area contributed by atoms with Crippen LogP contribution in [-0.2, 0) is 9.53 Å². The minimum absolute atomic E-state index is 0.134. The number of nitrogens with one attached hydrogen (secondary N) is 1. The topological polar surface area (TPSA) is 73.2 Å². The van der Waals surface area contributed by atoms with E-state index in [0.29, 0.717) is 21.1 Å². The van der Waals surface area contributed by atoms with Crippen LogP contribution in [0.5, 0.6) is 0 Å². The van der Waals surface area contributed by atoms with Crippen molar-refractivity contribution in [3.63, 3.8) is 0 Å². The van der Waals surface area contributed by atoms with Crippen LogP contribution in [0.15, 0.2) is 48.5 Å². The number of rotatable bonds is 5. The smallest absolute Gasteiger partial charge is 0.348 e. The van der Waals surface area contributed by atoms with Crippen LogP contribution in [-0.4, -0.2) is 28.3 Å². The number of aromatic nitrogens is 2. The third kappa shape index (κ3) is 4.42. The zero-order valence-electron chi connectivity index (χ0n) is 16.0. The zero-order valence-corrected chi connectivity index (χ0v) is 17.6. The molecule has 10 heteroatoms. The van der Waals surface area contributed by atoms with E-state index in [1.807, 2.05) is 0 Å². The van der Waals surface area contributed by atoms with E-state index in [4.69, 9.17) is 16.3 Å². The predicted molar refractivity (Wildman–Crippen MR) is 114 cm³/mol. The van der Waals surface area contributed by atoms with Gasteiger partial charge in [0.1, 0.15) is 21.3 Å². The van der Waals surface area contributed by atoms with E-state index in [9.17, 15) is 18.4 Å². The number of aryl methyl sites for hydroxylation is 1. The first-order valence-electron chi connectivity index (χ1n) is 8.99. The van der Waals surface area contributed by atoms with Gasteiger partial charge >= 0.3 is 5.97 Å². The monoisotopic (exact) mass is 461 g/mol. The fraction of sp³-hybridized carbons (Fsp3) is 0.0952. The number of halogens is 3. The fourth-order valence-electron chi connectivity index (χ4n) is 2.88. The number of hydrogen-bond acceptors (Lipinski definition) is 5. The molecule has 2 aromatic carbocycles. The molecule has 0 saturated heterocycles. The molecule has 6 nitrogen and oxygen atoms in total. The van der Waals surface area contributed by atoms with Gasteiger partial charge in [0, 0.05) is 11.1 Å². The molecule has 4 rings (SSSR count). The van der Waals surface area contributed by atoms with Crippen molar-refractivity contribution in [2.75, 3.05) is 11.9 Å². The van der Waals surface area contributed by atoms with Crippen molar-refractivity contribution in [3.05, 3.63) is 75.8 Å². The molecule has 0 atom stereocenters. The molecule has 31 heavy (non-hydrogen) atoms. The summed E-state index contributed by atoms with van der Waals surface area (Å²) in [6, 6.07) is 11.2. The van der Waals surface area contributed by atoms with Gasteiger partial charge in [-0.3, -0.25) is 4.79 Å². The van der Waals surface area contributed by atoms with Gasteiger partial charge in [-0.1, -0.05) is 11.6 Å². The number of nitrogens with zero attached hydrogens (tertiary/aromatic N) is 2. The largest absolute Gasteiger partial charge is 0.451 e. The van der Waals surface area contributed by atoms with Crippen LogP contribution in [0.1, 0.15) is 15.4 Å². The highest BCUT2D eigenvalue weighted by Gasteiger charge is 2.19. The Labute approximate surface area is 184 Å². The van der Waals surface area contributed by atoms with Crippen molar-refractivity contribution in [2.45, 2.75) is 6.92 Å². The summed E-state index contributed by atoms with van der Waals surface area (Å²) in [5, 5.41) is 7.53. The lowest BCUT2D eigenvalue weighted by molar-refractivity contribution is -0.119. The lowest BCUT2D eigenvalue weighted by Crippen LogP contribution is -2.20. The van der Waals surface area contributed by atoms with Crippen LogP contribution >= 0.6 is 22.9 Å². The fourth-order valence-corrected chi connectivity index (χ4v) is 4.14. The van der Waals surface area contributed by atoms with Crippen molar-refractivity contribution in [2.24, 2.45) is 0 Å². The second kappa shape index (κ2) is 8.44. The SMILES string of the molecule is Cc1nn(-c2ccc(F)cc2)c2sc(C(=O)OCC(=O)Nc3ccc(F)c(Cl)c3)cc12. The normalized spacial score (nSPS) is 11.0. The molecular formula is C21H14ClF2N3O3S. The highest BCUT2D eigenvalue weighted by Crippen LogP contribution is 2.31. The number of benzene rings is 2. The third-order valence-corrected chi connectivity index (χ3v) is 5.74. The number of hydrogen-bond donors (Lipinski definition) is 1. The molecule has 0 unspecified atom stereocenters. The van der Waals surface area contributed by atoms with Gasteiger partial charge < -0.3 is 10.1 Å². The van der Waals surface area contributed by atoms with Crippen LogP contribution in [0, 0.1) is 18.6 Å². The summed E-state index contributed by atoms with van der Waals surface area (Å²) in [4.78, 5) is 25.4. The predicted octanol–water partition coefficient (Wildman–Crippen LogP) is 5.12. The van der Waals surface area contributed by atoms with Crippen molar-refractivity contribution in [1.29, 1.82) is 0 Å². The van der Waals surface area contributed by atoms with E-state index < -0.39 is 24.3 Å². The molecular weight excluding hydrogens is 448 g/mol. The number of anilines is 1. The van der Waals surface area contributed by atoms with Crippen LogP contribution in [0.3, 0.4) is 0 Å². The van der Waals surface area contributed by atoms with Crippen LogP contribution in [0.4, 0.5) is 14.5 Å². The molecule has 0 aliphatic rings. The summed E-state index contributed by atoms with van der Waals surface area (Å²) in [7, 11) is 0. The van der Waals surface area contributed by atoms with Crippen molar-refractivity contribution < 1.29 is 23.1 Å². The first-order chi connectivity index (χ1) is 14.8. The van der Waals surface area contributed by atoms with Gasteiger partial charge in [-0.15, -0.1) is 11.3 Å². The molecule has 1 N–H and O–H groups in total. The van der Waals surface area contributed by atoms with Gasteiger partial charge in [-0.25, -0.2) is 18.3 Å². The minimum atomic E-state index is -0.668. The first-order valence-corrected chi connectivity index (χ1v) is 10.2. The molecule has 0 saturated carbocycles. The Bertz CT molecular complexity index is 1300. The summed E-state index contributed by atoms with van der Waals surface area (Å²) in [6.45, 7) is 1.27. The quantitative estimate of drug-likeness (QED) is 0.418. The second-order valence-corrected chi connectivity index (χ2v) is 7.99. The lowest BCUT2D eigenvalue weighted by atomic mass is 10.3. The number of carbonyl (C=O) groups is 2. The standard InChI is InChI=1S/C21H14ClF2N3O3S/c1-11-15-9-18(31-20(15)27(26-11)14-5-2-12(23)3-6-14)21(29)30-10-19(28)25-13-4-7-17(24)16(22)8-13/h2-9H,10H2,1H3,(H,25,28). The van der Waals surface area contributed by atoms with Gasteiger partial charge in [-0.05, 0) is 55.5 Å². The lowest BCUT2D eigenvalue weighted by Gasteiger charge is -2.06. The maximum absolute atomic E-state index is 13.2. The maximum Gasteiger partial charge on any atom is 0.348 e. The third-order valence-electron chi connectivity index (χ3n) is 4.35. The van der Waals surface area contributed by atoms with Gasteiger partial charge in [0.2, 0.25) is 0 Å². The van der Waals surface area contributed by atoms with Gasteiger partial charge in [-0.2, -0.15) is 5.10 Å². The van der Waals surface area contributed by atoms with Crippen LogP contribution in [0.2, 0.25) is 5.02 Å². The molecule has 0 spiro atoms. The number of ether oxygens (including phenoxy) is 1. The molecule has 0 aliphatic carbocycles. The van der Waals surface area contributed by atoms with Crippen molar-refractivity contribution in [1.82, 2.24) is 9.78 Å². The Morgan fingerprint density at radius 1 is 1.16 bits per heavy atom. The Morgan fingerprint density at radius 3 is 2.61 bits per heavy atom. The van der Waals surface area contributed by atoms with Gasteiger partial charge in [0.25, 0.3) is 5.91 Å². The summed E-state index contributed by atoms with van der Waals surface area (Å²) < 4.78 is 33.1. The molecule has 1 amide bonds. The molecule has 2 heterocycles. The number of esters is 1. The number of fused-ring (bicyclic) bond motifs is 1. The maximum atomic E-state index is 13.2. The summed E-state index contributed by atoms with van der Waals surface area (Å²) in [6.07, 6.45) is 0. The molecule has 0 radical (unpaired) electrons. The second-order valence-electron chi connectivity index (χ2n) is 6.56. The Morgan fingerprint density at radius 2 is 1.90 bits per heavy atom. The summed E-state index contributed by atoms with van der Waals surface area (Å²) in [5.41, 5.74) is 1.63. The highest BCUT2D eigenvalue weighted by atomic mass is 35.5. The number of amides is 1. The molecule has 0 aliphatic heterocycles. The van der Waals surface area contributed by atoms with E-state index in [1.165, 1.54) is 24.3 Å². The van der Waals surface area contributed by atoms with E-state index in [0.717, 1.165) is 22.8 Å². The Kier molecular flexibility index (Phi) is 5.71. The van der Waals surface area contributed by atoms with Gasteiger partial charge in [0.05, 0.1) is 16.4 Å². The number of carbonyl (C=O) groups excluding carboxylic acids is 2. The Balaban J connectivity index is 1.46. The molecule has 0 fully saturated rings. The van der Waals surface area contributed by atoms with Crippen LogP contribution in [0.25, 0.3) is 15.9 Å².